The fraction of sp³-hybridized carbons (Fsp3) is 0.412. The smallest absolute Gasteiger partial charge is 0.133 e. The maximum absolute atomic E-state index is 5.71. The summed E-state index contributed by atoms with van der Waals surface area (Å²) in [5.41, 5.74) is 2.36. The number of furan rings is 1. The van der Waals surface area contributed by atoms with Crippen LogP contribution in [-0.4, -0.2) is 13.2 Å². The summed E-state index contributed by atoms with van der Waals surface area (Å²) < 4.78 is 12.1. The van der Waals surface area contributed by atoms with Crippen molar-refractivity contribution in [3.8, 4) is 5.75 Å². The van der Waals surface area contributed by atoms with Crippen LogP contribution in [0.1, 0.15) is 43.2 Å². The van der Waals surface area contributed by atoms with Gasteiger partial charge in [-0.05, 0) is 59.6 Å². The number of halogens is 1. The Hall–Kier alpha value is -1.26. The van der Waals surface area contributed by atoms with Crippen LogP contribution in [0.25, 0.3) is 0 Å². The molecule has 0 aliphatic carbocycles. The normalized spacial score (nSPS) is 12.4. The van der Waals surface area contributed by atoms with E-state index in [0.29, 0.717) is 0 Å². The highest BCUT2D eigenvalue weighted by molar-refractivity contribution is 9.10. The summed E-state index contributed by atoms with van der Waals surface area (Å²) >= 11 is 3.60. The molecular formula is C17H22BrNO2. The molecule has 114 valence electrons. The number of aryl methyl sites for hydroxylation is 1. The zero-order valence-corrected chi connectivity index (χ0v) is 14.4. The van der Waals surface area contributed by atoms with Gasteiger partial charge < -0.3 is 14.5 Å². The Bertz CT molecular complexity index is 580. The van der Waals surface area contributed by atoms with Crippen LogP contribution in [0, 0.1) is 6.92 Å². The molecule has 0 fully saturated rings. The molecule has 0 spiro atoms. The minimum Gasteiger partial charge on any atom is -0.492 e. The van der Waals surface area contributed by atoms with E-state index in [1.54, 1.807) is 6.26 Å². The number of hydrogen-bond donors (Lipinski definition) is 1. The van der Waals surface area contributed by atoms with Gasteiger partial charge >= 0.3 is 0 Å². The molecule has 1 aromatic heterocycles. The molecular weight excluding hydrogens is 330 g/mol. The van der Waals surface area contributed by atoms with Crippen LogP contribution in [0.5, 0.6) is 5.75 Å². The second kappa shape index (κ2) is 7.66. The first-order valence-corrected chi connectivity index (χ1v) is 8.16. The van der Waals surface area contributed by atoms with Crippen LogP contribution in [0.3, 0.4) is 0 Å². The summed E-state index contributed by atoms with van der Waals surface area (Å²) in [6, 6.07) is 8.40. The first kappa shape index (κ1) is 16.1. The highest BCUT2D eigenvalue weighted by atomic mass is 79.9. The average molecular weight is 352 g/mol. The number of ether oxygens (including phenoxy) is 1. The molecule has 2 aromatic rings. The molecule has 0 radical (unpaired) electrons. The number of hydrogen-bond acceptors (Lipinski definition) is 3. The molecule has 1 unspecified atom stereocenters. The monoisotopic (exact) mass is 351 g/mol. The summed E-state index contributed by atoms with van der Waals surface area (Å²) in [5, 5.41) is 3.51. The van der Waals surface area contributed by atoms with E-state index in [-0.39, 0.29) is 6.04 Å². The van der Waals surface area contributed by atoms with E-state index in [2.05, 4.69) is 47.2 Å². The van der Waals surface area contributed by atoms with Crippen molar-refractivity contribution in [3.63, 3.8) is 0 Å². The van der Waals surface area contributed by atoms with Gasteiger partial charge in [-0.25, -0.2) is 0 Å². The summed E-state index contributed by atoms with van der Waals surface area (Å²) in [5.74, 6) is 1.84. The van der Waals surface area contributed by atoms with E-state index >= 15 is 0 Å². The van der Waals surface area contributed by atoms with E-state index < -0.39 is 0 Å². The third kappa shape index (κ3) is 3.89. The SMILES string of the molecule is CCCOc1ccc(C(NCC)c2ccoc2C)cc1Br. The number of nitrogens with one attached hydrogen (secondary N) is 1. The maximum atomic E-state index is 5.71. The van der Waals surface area contributed by atoms with Crippen molar-refractivity contribution in [2.75, 3.05) is 13.2 Å². The fourth-order valence-electron chi connectivity index (χ4n) is 2.33. The molecule has 0 aliphatic rings. The van der Waals surface area contributed by atoms with Gasteiger partial charge in [-0.1, -0.05) is 19.9 Å². The standard InChI is InChI=1S/C17H22BrNO2/c1-4-9-21-16-7-6-13(11-15(16)18)17(19-5-2)14-8-10-20-12(14)3/h6-8,10-11,17,19H,4-5,9H2,1-3H3. The maximum Gasteiger partial charge on any atom is 0.133 e. The van der Waals surface area contributed by atoms with Crippen LogP contribution < -0.4 is 10.1 Å². The zero-order chi connectivity index (χ0) is 15.2. The van der Waals surface area contributed by atoms with Gasteiger partial charge in [0.1, 0.15) is 11.5 Å². The minimum atomic E-state index is 0.130. The molecule has 0 amide bonds. The first-order chi connectivity index (χ1) is 10.2. The van der Waals surface area contributed by atoms with Gasteiger partial charge in [-0.15, -0.1) is 0 Å². The summed E-state index contributed by atoms with van der Waals surface area (Å²) in [6.45, 7) is 7.82. The largest absolute Gasteiger partial charge is 0.492 e. The second-order valence-corrected chi connectivity index (χ2v) is 5.82. The van der Waals surface area contributed by atoms with Gasteiger partial charge in [0, 0.05) is 5.56 Å². The third-order valence-corrected chi connectivity index (χ3v) is 3.99. The molecule has 0 bridgehead atoms. The summed E-state index contributed by atoms with van der Waals surface area (Å²) in [4.78, 5) is 0. The zero-order valence-electron chi connectivity index (χ0n) is 12.8. The Morgan fingerprint density at radius 1 is 1.29 bits per heavy atom. The van der Waals surface area contributed by atoms with Gasteiger partial charge in [0.2, 0.25) is 0 Å². The average Bonchev–Trinajstić information content (AvgIpc) is 2.89. The Labute approximate surface area is 134 Å². The molecule has 0 saturated carbocycles. The lowest BCUT2D eigenvalue weighted by Crippen LogP contribution is -2.22. The molecule has 4 heteroatoms. The Morgan fingerprint density at radius 3 is 2.67 bits per heavy atom. The van der Waals surface area contributed by atoms with Crippen molar-refractivity contribution >= 4 is 15.9 Å². The third-order valence-electron chi connectivity index (χ3n) is 3.37. The Balaban J connectivity index is 2.29. The molecule has 3 nitrogen and oxygen atoms in total. The first-order valence-electron chi connectivity index (χ1n) is 7.37. The van der Waals surface area contributed by atoms with E-state index in [1.807, 2.05) is 19.1 Å². The van der Waals surface area contributed by atoms with Gasteiger partial charge in [0.05, 0.1) is 23.4 Å². The summed E-state index contributed by atoms with van der Waals surface area (Å²) in [7, 11) is 0. The van der Waals surface area contributed by atoms with E-state index in [0.717, 1.165) is 35.6 Å². The van der Waals surface area contributed by atoms with E-state index in [1.165, 1.54) is 11.1 Å². The second-order valence-electron chi connectivity index (χ2n) is 4.96. The minimum absolute atomic E-state index is 0.130. The molecule has 0 aliphatic heterocycles. The molecule has 1 aromatic carbocycles. The van der Waals surface area contributed by atoms with Crippen molar-refractivity contribution in [2.45, 2.75) is 33.2 Å². The van der Waals surface area contributed by atoms with Gasteiger partial charge in [-0.3, -0.25) is 0 Å². The highest BCUT2D eigenvalue weighted by Crippen LogP contribution is 2.32. The van der Waals surface area contributed by atoms with Crippen LogP contribution in [0.4, 0.5) is 0 Å². The van der Waals surface area contributed by atoms with Crippen molar-refractivity contribution in [1.29, 1.82) is 0 Å². The molecule has 2 rings (SSSR count). The van der Waals surface area contributed by atoms with Crippen molar-refractivity contribution in [2.24, 2.45) is 0 Å². The number of rotatable bonds is 7. The Kier molecular flexibility index (Phi) is 5.88. The van der Waals surface area contributed by atoms with Gasteiger partial charge in [0.15, 0.2) is 0 Å². The quantitative estimate of drug-likeness (QED) is 0.774. The van der Waals surface area contributed by atoms with Crippen LogP contribution >= 0.6 is 15.9 Å². The number of benzene rings is 1. The van der Waals surface area contributed by atoms with Crippen molar-refractivity contribution in [1.82, 2.24) is 5.32 Å². The molecule has 1 atom stereocenters. The van der Waals surface area contributed by atoms with Crippen molar-refractivity contribution < 1.29 is 9.15 Å². The molecule has 1 N–H and O–H groups in total. The fourth-order valence-corrected chi connectivity index (χ4v) is 2.84. The lowest BCUT2D eigenvalue weighted by Gasteiger charge is -2.19. The van der Waals surface area contributed by atoms with Crippen LogP contribution in [-0.2, 0) is 0 Å². The van der Waals surface area contributed by atoms with Crippen molar-refractivity contribution in [3.05, 3.63) is 51.9 Å². The van der Waals surface area contributed by atoms with Crippen LogP contribution in [0.2, 0.25) is 0 Å². The van der Waals surface area contributed by atoms with E-state index in [4.69, 9.17) is 9.15 Å². The molecule has 21 heavy (non-hydrogen) atoms. The topological polar surface area (TPSA) is 34.4 Å². The van der Waals surface area contributed by atoms with Gasteiger partial charge in [0.25, 0.3) is 0 Å². The molecule has 0 saturated heterocycles. The Morgan fingerprint density at radius 2 is 2.10 bits per heavy atom. The molecule has 1 heterocycles. The van der Waals surface area contributed by atoms with Gasteiger partial charge in [-0.2, -0.15) is 0 Å². The lowest BCUT2D eigenvalue weighted by molar-refractivity contribution is 0.315. The lowest BCUT2D eigenvalue weighted by atomic mass is 9.99. The van der Waals surface area contributed by atoms with Crippen LogP contribution in [0.15, 0.2) is 39.4 Å². The summed E-state index contributed by atoms with van der Waals surface area (Å²) in [6.07, 6.45) is 2.74. The van der Waals surface area contributed by atoms with E-state index in [9.17, 15) is 0 Å². The predicted octanol–water partition coefficient (Wildman–Crippen LogP) is 4.84. The highest BCUT2D eigenvalue weighted by Gasteiger charge is 2.18. The predicted molar refractivity (Wildman–Crippen MR) is 88.9 cm³/mol.